The van der Waals surface area contributed by atoms with Crippen molar-refractivity contribution in [1.82, 2.24) is 5.43 Å². The number of allylic oxidation sites excluding steroid dienone is 1. The van der Waals surface area contributed by atoms with Crippen LogP contribution in [0.5, 0.6) is 11.5 Å². The van der Waals surface area contributed by atoms with Gasteiger partial charge >= 0.3 is 0 Å². The SMILES string of the molecule is C=CCc1cc(C=NNC(=O)CCC(=O)Nc2ccccc2C)cc(OC)c1O. The first-order chi connectivity index (χ1) is 13.9. The molecule has 0 unspecified atom stereocenters. The Labute approximate surface area is 170 Å². The number of hydrogen-bond acceptors (Lipinski definition) is 5. The largest absolute Gasteiger partial charge is 0.504 e. The average Bonchev–Trinajstić information content (AvgIpc) is 2.70. The fourth-order valence-corrected chi connectivity index (χ4v) is 2.62. The summed E-state index contributed by atoms with van der Waals surface area (Å²) in [4.78, 5) is 23.9. The smallest absolute Gasteiger partial charge is 0.240 e. The number of rotatable bonds is 9. The van der Waals surface area contributed by atoms with Crippen molar-refractivity contribution in [2.75, 3.05) is 12.4 Å². The standard InChI is InChI=1S/C22H25N3O4/c1-4-7-17-12-16(13-19(29-3)22(17)28)14-23-25-21(27)11-10-20(26)24-18-9-6-5-8-15(18)2/h4-6,8-9,12-14,28H,1,7,10-11H2,2-3H3,(H,24,26)(H,25,27). The van der Waals surface area contributed by atoms with E-state index in [9.17, 15) is 14.7 Å². The van der Waals surface area contributed by atoms with Gasteiger partial charge in [0.1, 0.15) is 0 Å². The molecule has 152 valence electrons. The normalized spacial score (nSPS) is 10.6. The number of aromatic hydroxyl groups is 1. The molecule has 2 amide bonds. The van der Waals surface area contributed by atoms with Crippen LogP contribution in [0.1, 0.15) is 29.5 Å². The van der Waals surface area contributed by atoms with Gasteiger partial charge in [-0.05, 0) is 42.7 Å². The van der Waals surface area contributed by atoms with E-state index in [1.807, 2.05) is 31.2 Å². The second-order valence-corrected chi connectivity index (χ2v) is 6.38. The van der Waals surface area contributed by atoms with Crippen LogP contribution < -0.4 is 15.5 Å². The number of para-hydroxylation sites is 1. The van der Waals surface area contributed by atoms with E-state index in [0.29, 0.717) is 23.3 Å². The summed E-state index contributed by atoms with van der Waals surface area (Å²) < 4.78 is 5.14. The van der Waals surface area contributed by atoms with Gasteiger partial charge in [-0.15, -0.1) is 6.58 Å². The number of anilines is 1. The molecule has 0 saturated heterocycles. The minimum Gasteiger partial charge on any atom is -0.504 e. The second-order valence-electron chi connectivity index (χ2n) is 6.38. The predicted octanol–water partition coefficient (Wildman–Crippen LogP) is 3.31. The zero-order valence-electron chi connectivity index (χ0n) is 16.6. The van der Waals surface area contributed by atoms with Crippen LogP contribution in [0.3, 0.4) is 0 Å². The van der Waals surface area contributed by atoms with E-state index in [0.717, 1.165) is 11.3 Å². The number of benzene rings is 2. The maximum Gasteiger partial charge on any atom is 0.240 e. The highest BCUT2D eigenvalue weighted by molar-refractivity contribution is 5.94. The zero-order valence-corrected chi connectivity index (χ0v) is 16.6. The number of nitrogens with one attached hydrogen (secondary N) is 2. The molecule has 0 bridgehead atoms. The molecule has 29 heavy (non-hydrogen) atoms. The fraction of sp³-hybridized carbons (Fsp3) is 0.227. The summed E-state index contributed by atoms with van der Waals surface area (Å²) in [5.74, 6) is -0.257. The molecule has 0 radical (unpaired) electrons. The molecule has 2 aromatic carbocycles. The van der Waals surface area contributed by atoms with Gasteiger partial charge in [0.15, 0.2) is 11.5 Å². The Balaban J connectivity index is 1.88. The monoisotopic (exact) mass is 395 g/mol. The summed E-state index contributed by atoms with van der Waals surface area (Å²) in [6, 6.07) is 10.8. The van der Waals surface area contributed by atoms with E-state index in [1.54, 1.807) is 18.2 Å². The molecule has 2 rings (SSSR count). The minimum absolute atomic E-state index is 0.00959. The number of hydrazone groups is 1. The molecule has 0 aliphatic heterocycles. The molecule has 0 aromatic heterocycles. The number of methoxy groups -OCH3 is 1. The number of carbonyl (C=O) groups excluding carboxylic acids is 2. The molecule has 0 atom stereocenters. The third kappa shape index (κ3) is 6.49. The average molecular weight is 395 g/mol. The first-order valence-corrected chi connectivity index (χ1v) is 9.12. The first-order valence-electron chi connectivity index (χ1n) is 9.12. The van der Waals surface area contributed by atoms with Crippen LogP contribution in [-0.2, 0) is 16.0 Å². The van der Waals surface area contributed by atoms with Gasteiger partial charge in [-0.1, -0.05) is 24.3 Å². The van der Waals surface area contributed by atoms with E-state index in [1.165, 1.54) is 13.3 Å². The molecule has 0 aliphatic rings. The van der Waals surface area contributed by atoms with E-state index < -0.39 is 0 Å². The van der Waals surface area contributed by atoms with Crippen LogP contribution in [0, 0.1) is 6.92 Å². The third-order valence-corrected chi connectivity index (χ3v) is 4.16. The van der Waals surface area contributed by atoms with Gasteiger partial charge in [0.25, 0.3) is 0 Å². The van der Waals surface area contributed by atoms with Gasteiger partial charge in [-0.3, -0.25) is 9.59 Å². The van der Waals surface area contributed by atoms with Crippen molar-refractivity contribution in [3.8, 4) is 11.5 Å². The van der Waals surface area contributed by atoms with Crippen LogP contribution >= 0.6 is 0 Å². The Kier molecular flexibility index (Phi) is 7.97. The van der Waals surface area contributed by atoms with Crippen molar-refractivity contribution in [2.24, 2.45) is 5.10 Å². The Bertz CT molecular complexity index is 922. The third-order valence-electron chi connectivity index (χ3n) is 4.16. The summed E-state index contributed by atoms with van der Waals surface area (Å²) in [6.07, 6.45) is 3.63. The van der Waals surface area contributed by atoms with Crippen LogP contribution in [0.15, 0.2) is 54.2 Å². The summed E-state index contributed by atoms with van der Waals surface area (Å²) in [5.41, 5.74) is 5.36. The predicted molar refractivity (Wildman–Crippen MR) is 113 cm³/mol. The molecular formula is C22H25N3O4. The zero-order chi connectivity index (χ0) is 21.2. The van der Waals surface area contributed by atoms with Crippen LogP contribution in [0.4, 0.5) is 5.69 Å². The topological polar surface area (TPSA) is 100 Å². The number of nitrogens with zero attached hydrogens (tertiary/aromatic N) is 1. The van der Waals surface area contributed by atoms with Crippen LogP contribution in [0.25, 0.3) is 0 Å². The maximum atomic E-state index is 12.0. The lowest BCUT2D eigenvalue weighted by molar-refractivity contribution is -0.124. The summed E-state index contributed by atoms with van der Waals surface area (Å²) in [7, 11) is 1.46. The van der Waals surface area contributed by atoms with Crippen LogP contribution in [0.2, 0.25) is 0 Å². The Morgan fingerprint density at radius 3 is 2.62 bits per heavy atom. The van der Waals surface area contributed by atoms with Gasteiger partial charge in [0, 0.05) is 24.1 Å². The first kappa shape index (κ1) is 21.7. The lowest BCUT2D eigenvalue weighted by Gasteiger charge is -2.09. The molecule has 3 N–H and O–H groups in total. The quantitative estimate of drug-likeness (QED) is 0.344. The molecular weight excluding hydrogens is 370 g/mol. The van der Waals surface area contributed by atoms with E-state index >= 15 is 0 Å². The number of ether oxygens (including phenoxy) is 1. The maximum absolute atomic E-state index is 12.0. The van der Waals surface area contributed by atoms with Crippen molar-refractivity contribution < 1.29 is 19.4 Å². The van der Waals surface area contributed by atoms with Gasteiger partial charge in [-0.25, -0.2) is 5.43 Å². The molecule has 2 aromatic rings. The molecule has 0 heterocycles. The number of hydrogen-bond donors (Lipinski definition) is 3. The van der Waals surface area contributed by atoms with Crippen molar-refractivity contribution in [2.45, 2.75) is 26.2 Å². The fourth-order valence-electron chi connectivity index (χ4n) is 2.62. The Morgan fingerprint density at radius 2 is 1.93 bits per heavy atom. The van der Waals surface area contributed by atoms with Gasteiger partial charge in [0.05, 0.1) is 13.3 Å². The number of amides is 2. The lowest BCUT2D eigenvalue weighted by Crippen LogP contribution is -2.20. The highest BCUT2D eigenvalue weighted by atomic mass is 16.5. The summed E-state index contributed by atoms with van der Waals surface area (Å²) >= 11 is 0. The highest BCUT2D eigenvalue weighted by Gasteiger charge is 2.10. The molecule has 7 heteroatoms. The van der Waals surface area contributed by atoms with Crippen molar-refractivity contribution in [3.63, 3.8) is 0 Å². The molecule has 0 spiro atoms. The molecule has 7 nitrogen and oxygen atoms in total. The molecule has 0 fully saturated rings. The van der Waals surface area contributed by atoms with Gasteiger partial charge in [0.2, 0.25) is 11.8 Å². The number of phenols is 1. The van der Waals surface area contributed by atoms with Gasteiger partial charge < -0.3 is 15.2 Å². The molecule has 0 aliphatic carbocycles. The van der Waals surface area contributed by atoms with E-state index in [4.69, 9.17) is 4.74 Å². The van der Waals surface area contributed by atoms with E-state index in [2.05, 4.69) is 22.4 Å². The van der Waals surface area contributed by atoms with Crippen molar-refractivity contribution in [1.29, 1.82) is 0 Å². The lowest BCUT2D eigenvalue weighted by atomic mass is 10.1. The number of phenolic OH excluding ortho intramolecular Hbond substituents is 1. The van der Waals surface area contributed by atoms with Crippen molar-refractivity contribution >= 4 is 23.7 Å². The number of aryl methyl sites for hydroxylation is 1. The van der Waals surface area contributed by atoms with Crippen LogP contribution in [-0.4, -0.2) is 30.2 Å². The van der Waals surface area contributed by atoms with E-state index in [-0.39, 0.29) is 30.4 Å². The minimum atomic E-state index is -0.377. The number of carbonyl (C=O) groups is 2. The molecule has 0 saturated carbocycles. The van der Waals surface area contributed by atoms with Crippen molar-refractivity contribution in [3.05, 3.63) is 65.7 Å². The summed E-state index contributed by atoms with van der Waals surface area (Å²) in [5, 5.41) is 16.8. The summed E-state index contributed by atoms with van der Waals surface area (Å²) in [6.45, 7) is 5.56. The Morgan fingerprint density at radius 1 is 1.21 bits per heavy atom. The van der Waals surface area contributed by atoms with Gasteiger partial charge in [-0.2, -0.15) is 5.10 Å². The Hall–Kier alpha value is -3.61. The second kappa shape index (κ2) is 10.7. The highest BCUT2D eigenvalue weighted by Crippen LogP contribution is 2.31.